The van der Waals surface area contributed by atoms with E-state index in [1.165, 1.54) is 23.1 Å². The van der Waals surface area contributed by atoms with Crippen LogP contribution in [0.25, 0.3) is 11.3 Å². The molecule has 1 aromatic heterocycles. The van der Waals surface area contributed by atoms with Gasteiger partial charge in [0.2, 0.25) is 5.91 Å². The Labute approximate surface area is 197 Å². The van der Waals surface area contributed by atoms with E-state index < -0.39 is 29.4 Å². The summed E-state index contributed by atoms with van der Waals surface area (Å²) < 4.78 is 0. The molecule has 2 atom stereocenters. The Balaban J connectivity index is 1.38. The van der Waals surface area contributed by atoms with Crippen molar-refractivity contribution in [2.45, 2.75) is 43.1 Å². The molecule has 12 heteroatoms. The summed E-state index contributed by atoms with van der Waals surface area (Å²) in [6.45, 7) is 0. The highest BCUT2D eigenvalue weighted by molar-refractivity contribution is 8.00. The molecule has 1 aliphatic carbocycles. The number of carboxylic acids is 1. The number of carboxylic acid groups (broad SMARTS) is 2. The molecule has 4 N–H and O–H groups in total. The molecule has 1 saturated heterocycles. The predicted octanol–water partition coefficient (Wildman–Crippen LogP) is 2.93. The van der Waals surface area contributed by atoms with E-state index >= 15 is 0 Å². The van der Waals surface area contributed by atoms with Crippen molar-refractivity contribution in [3.05, 3.63) is 35.2 Å². The van der Waals surface area contributed by atoms with Crippen molar-refractivity contribution in [1.82, 2.24) is 15.2 Å². The van der Waals surface area contributed by atoms with Crippen molar-refractivity contribution in [2.24, 2.45) is 0 Å². The summed E-state index contributed by atoms with van der Waals surface area (Å²) in [6.07, 6.45) is 0.730. The van der Waals surface area contributed by atoms with Crippen LogP contribution >= 0.6 is 23.1 Å². The number of nitrogens with one attached hydrogen (secondary N) is 2. The number of aromatic nitrogens is 1. The van der Waals surface area contributed by atoms with Crippen molar-refractivity contribution in [3.63, 3.8) is 0 Å². The summed E-state index contributed by atoms with van der Waals surface area (Å²) in [5, 5.41) is 25.5. The topological polar surface area (TPSA) is 149 Å². The molecule has 0 spiro atoms. The second-order valence-corrected chi connectivity index (χ2v) is 9.85. The van der Waals surface area contributed by atoms with Crippen LogP contribution < -0.4 is 10.6 Å². The van der Waals surface area contributed by atoms with Crippen LogP contribution in [-0.4, -0.2) is 67.2 Å². The number of carbonyl (C=O) groups is 4. The number of hydrogen-bond donors (Lipinski definition) is 4. The lowest BCUT2D eigenvalue weighted by molar-refractivity contribution is -0.137. The van der Waals surface area contributed by atoms with E-state index in [1.54, 1.807) is 29.6 Å². The van der Waals surface area contributed by atoms with Crippen LogP contribution in [0.1, 0.15) is 36.0 Å². The molecular weight excluding hydrogens is 468 g/mol. The average molecular weight is 491 g/mol. The van der Waals surface area contributed by atoms with Gasteiger partial charge in [-0.2, -0.15) is 0 Å². The summed E-state index contributed by atoms with van der Waals surface area (Å²) in [5.74, 6) is -1.38. The molecule has 33 heavy (non-hydrogen) atoms. The highest BCUT2D eigenvalue weighted by Crippen LogP contribution is 2.33. The van der Waals surface area contributed by atoms with E-state index in [2.05, 4.69) is 15.6 Å². The first kappa shape index (κ1) is 23.1. The third-order valence-electron chi connectivity index (χ3n) is 5.31. The average Bonchev–Trinajstić information content (AvgIpc) is 3.30. The van der Waals surface area contributed by atoms with Crippen LogP contribution in [-0.2, 0) is 9.59 Å². The summed E-state index contributed by atoms with van der Waals surface area (Å²) in [5.41, 5.74) is 1.98. The Bertz CT molecular complexity index is 1070. The van der Waals surface area contributed by atoms with E-state index in [0.29, 0.717) is 16.4 Å². The van der Waals surface area contributed by atoms with Gasteiger partial charge in [0.05, 0.1) is 11.1 Å². The smallest absolute Gasteiger partial charge is 0.408 e. The minimum absolute atomic E-state index is 0.102. The quantitative estimate of drug-likeness (QED) is 0.441. The summed E-state index contributed by atoms with van der Waals surface area (Å²) >= 11 is 2.46. The third-order valence-corrected chi connectivity index (χ3v) is 7.42. The Morgan fingerprint density at radius 1 is 1.12 bits per heavy atom. The molecule has 0 bridgehead atoms. The van der Waals surface area contributed by atoms with Crippen molar-refractivity contribution in [2.75, 3.05) is 11.1 Å². The zero-order valence-corrected chi connectivity index (χ0v) is 19.0. The van der Waals surface area contributed by atoms with Crippen LogP contribution in [0.15, 0.2) is 29.6 Å². The van der Waals surface area contributed by atoms with E-state index in [4.69, 9.17) is 5.11 Å². The van der Waals surface area contributed by atoms with E-state index in [1.807, 2.05) is 0 Å². The van der Waals surface area contributed by atoms with Gasteiger partial charge in [0.1, 0.15) is 6.04 Å². The van der Waals surface area contributed by atoms with E-state index in [-0.39, 0.29) is 30.5 Å². The minimum Gasteiger partial charge on any atom is -0.481 e. The molecule has 10 nitrogen and oxygen atoms in total. The number of aliphatic carboxylic acids is 1. The zero-order chi connectivity index (χ0) is 23.5. The molecule has 2 aliphatic rings. The number of hydrogen-bond acceptors (Lipinski definition) is 7. The number of thioether (sulfide) groups is 1. The van der Waals surface area contributed by atoms with Gasteiger partial charge in [0.25, 0.3) is 5.91 Å². The van der Waals surface area contributed by atoms with Crippen LogP contribution in [0.4, 0.5) is 9.93 Å². The molecule has 1 aliphatic heterocycles. The van der Waals surface area contributed by atoms with Crippen LogP contribution in [0, 0.1) is 0 Å². The Morgan fingerprint density at radius 2 is 1.85 bits per heavy atom. The van der Waals surface area contributed by atoms with E-state index in [0.717, 1.165) is 23.3 Å². The number of amides is 3. The van der Waals surface area contributed by atoms with Gasteiger partial charge >= 0.3 is 12.1 Å². The highest BCUT2D eigenvalue weighted by Gasteiger charge is 2.42. The fraction of sp³-hybridized carbons (Fsp3) is 0.381. The largest absolute Gasteiger partial charge is 0.481 e. The molecule has 1 saturated carbocycles. The van der Waals surface area contributed by atoms with Crippen molar-refractivity contribution in [1.29, 1.82) is 0 Å². The molecular formula is C21H22N4O6S2. The van der Waals surface area contributed by atoms with Crippen LogP contribution in [0.5, 0.6) is 0 Å². The van der Waals surface area contributed by atoms with Crippen LogP contribution in [0.3, 0.4) is 0 Å². The lowest BCUT2D eigenvalue weighted by Gasteiger charge is -2.25. The number of anilines is 1. The number of nitrogens with zero attached hydrogens (tertiary/aromatic N) is 2. The normalized spacial score (nSPS) is 19.8. The molecule has 3 amide bonds. The molecule has 174 valence electrons. The zero-order valence-electron chi connectivity index (χ0n) is 17.4. The van der Waals surface area contributed by atoms with Crippen molar-refractivity contribution >= 4 is 52.1 Å². The fourth-order valence-electron chi connectivity index (χ4n) is 3.43. The summed E-state index contributed by atoms with van der Waals surface area (Å²) in [6, 6.07) is 6.38. The number of rotatable bonds is 8. The van der Waals surface area contributed by atoms with Gasteiger partial charge in [-0.3, -0.25) is 19.3 Å². The van der Waals surface area contributed by atoms with Crippen molar-refractivity contribution < 1.29 is 29.4 Å². The van der Waals surface area contributed by atoms with Gasteiger partial charge in [-0.05, 0) is 31.4 Å². The number of carbonyl (C=O) groups excluding carboxylic acids is 2. The maximum Gasteiger partial charge on any atom is 0.408 e. The van der Waals surface area contributed by atoms with Gasteiger partial charge in [0.15, 0.2) is 5.13 Å². The molecule has 2 unspecified atom stereocenters. The Morgan fingerprint density at radius 3 is 2.48 bits per heavy atom. The van der Waals surface area contributed by atoms with Gasteiger partial charge < -0.3 is 20.8 Å². The summed E-state index contributed by atoms with van der Waals surface area (Å²) in [4.78, 5) is 52.8. The standard InChI is InChI=1S/C21H22N4O6S2/c26-17(27)8-7-16-25(21(30)31)15(10-32-16)19(29)24-20-23-14(9-33-20)11-1-3-12(4-2-11)18(28)22-13-5-6-13/h1-4,9,13,15-16H,5-8,10H2,(H,22,28)(H,26,27)(H,30,31)(H,23,24,29). The first-order chi connectivity index (χ1) is 15.8. The molecule has 2 heterocycles. The SMILES string of the molecule is O=C(O)CCC1SCC(C(=O)Nc2nc(-c3ccc(C(=O)NC4CC4)cc3)cs2)N1C(=O)O. The maximum absolute atomic E-state index is 12.7. The molecule has 4 rings (SSSR count). The highest BCUT2D eigenvalue weighted by atomic mass is 32.2. The second-order valence-electron chi connectivity index (χ2n) is 7.78. The molecule has 2 aromatic rings. The second kappa shape index (κ2) is 9.79. The fourth-order valence-corrected chi connectivity index (χ4v) is 5.55. The van der Waals surface area contributed by atoms with Gasteiger partial charge in [-0.15, -0.1) is 23.1 Å². The predicted molar refractivity (Wildman–Crippen MR) is 123 cm³/mol. The monoisotopic (exact) mass is 490 g/mol. The molecule has 2 fully saturated rings. The van der Waals surface area contributed by atoms with Gasteiger partial charge in [-0.25, -0.2) is 9.78 Å². The summed E-state index contributed by atoms with van der Waals surface area (Å²) in [7, 11) is 0. The van der Waals surface area contributed by atoms with E-state index in [9.17, 15) is 24.3 Å². The third kappa shape index (κ3) is 5.63. The maximum atomic E-state index is 12.7. The Kier molecular flexibility index (Phi) is 6.84. The number of thiazole rings is 1. The van der Waals surface area contributed by atoms with Gasteiger partial charge in [0, 0.05) is 34.7 Å². The first-order valence-electron chi connectivity index (χ1n) is 10.3. The lowest BCUT2D eigenvalue weighted by atomic mass is 10.1. The molecule has 0 radical (unpaired) electrons. The van der Waals surface area contributed by atoms with Gasteiger partial charge in [-0.1, -0.05) is 12.1 Å². The lowest BCUT2D eigenvalue weighted by Crippen LogP contribution is -2.47. The Hall–Kier alpha value is -3.12. The first-order valence-corrected chi connectivity index (χ1v) is 12.3. The van der Waals surface area contributed by atoms with Crippen molar-refractivity contribution in [3.8, 4) is 11.3 Å². The molecule has 1 aromatic carbocycles. The van der Waals surface area contributed by atoms with Crippen LogP contribution in [0.2, 0.25) is 0 Å². The minimum atomic E-state index is -1.26. The number of benzene rings is 1.